The molecule has 0 radical (unpaired) electrons. The van der Waals surface area contributed by atoms with Crippen LogP contribution >= 0.6 is 0 Å². The van der Waals surface area contributed by atoms with Gasteiger partial charge in [-0.1, -0.05) is 12.5 Å². The number of benzene rings is 1. The maximum atomic E-state index is 11.6. The second-order valence-electron chi connectivity index (χ2n) is 5.30. The molecule has 4 heteroatoms. The van der Waals surface area contributed by atoms with E-state index in [0.29, 0.717) is 6.54 Å². The lowest BCUT2D eigenvalue weighted by atomic mass is 9.64. The minimum absolute atomic E-state index is 0.0879. The molecule has 1 aromatic rings. The molecule has 3 N–H and O–H groups in total. The van der Waals surface area contributed by atoms with Gasteiger partial charge >= 0.3 is 0 Å². The maximum absolute atomic E-state index is 11.6. The summed E-state index contributed by atoms with van der Waals surface area (Å²) in [6.45, 7) is 2.41. The van der Waals surface area contributed by atoms with Gasteiger partial charge in [0.1, 0.15) is 5.75 Å². The number of ether oxygens (including phenoxy) is 1. The molecule has 2 aliphatic rings. The summed E-state index contributed by atoms with van der Waals surface area (Å²) >= 11 is 0. The highest BCUT2D eigenvalue weighted by molar-refractivity contribution is 5.97. The van der Waals surface area contributed by atoms with Crippen LogP contribution in [0.25, 0.3) is 0 Å². The van der Waals surface area contributed by atoms with E-state index in [1.807, 2.05) is 12.1 Å². The highest BCUT2D eigenvalue weighted by atomic mass is 16.5. The molecule has 1 atom stereocenters. The maximum Gasteiger partial charge on any atom is 0.265 e. The number of nitrogens with one attached hydrogen (secondary N) is 1. The summed E-state index contributed by atoms with van der Waals surface area (Å²) in [6.07, 6.45) is 3.07. The summed E-state index contributed by atoms with van der Waals surface area (Å²) in [5.74, 6) is 0.660. The molecule has 96 valence electrons. The van der Waals surface area contributed by atoms with E-state index in [9.17, 15) is 4.79 Å². The Labute approximate surface area is 107 Å². The Balaban J connectivity index is 1.96. The summed E-state index contributed by atoms with van der Waals surface area (Å²) in [7, 11) is 0. The fourth-order valence-corrected chi connectivity index (χ4v) is 2.75. The van der Waals surface area contributed by atoms with Crippen molar-refractivity contribution < 1.29 is 9.53 Å². The number of hydrogen-bond donors (Lipinski definition) is 2. The average molecular weight is 246 g/mol. The molecule has 1 saturated carbocycles. The third kappa shape index (κ3) is 1.60. The van der Waals surface area contributed by atoms with Crippen molar-refractivity contribution in [3.8, 4) is 5.75 Å². The van der Waals surface area contributed by atoms with Crippen LogP contribution in [0.1, 0.15) is 31.7 Å². The van der Waals surface area contributed by atoms with E-state index < -0.39 is 6.10 Å². The first-order valence-corrected chi connectivity index (χ1v) is 6.47. The molecule has 1 aliphatic heterocycles. The van der Waals surface area contributed by atoms with Crippen LogP contribution < -0.4 is 15.8 Å². The molecule has 1 heterocycles. The van der Waals surface area contributed by atoms with E-state index in [1.54, 1.807) is 6.92 Å². The van der Waals surface area contributed by atoms with Crippen LogP contribution in [0.15, 0.2) is 18.2 Å². The van der Waals surface area contributed by atoms with Crippen LogP contribution in [0.4, 0.5) is 5.69 Å². The number of nitrogens with two attached hydrogens (primary N) is 1. The van der Waals surface area contributed by atoms with Crippen LogP contribution in [0, 0.1) is 0 Å². The highest BCUT2D eigenvalue weighted by Gasteiger charge is 2.38. The minimum atomic E-state index is -0.421. The molecule has 0 saturated heterocycles. The highest BCUT2D eigenvalue weighted by Crippen LogP contribution is 2.45. The molecule has 1 fully saturated rings. The first-order chi connectivity index (χ1) is 8.64. The van der Waals surface area contributed by atoms with Gasteiger partial charge < -0.3 is 15.8 Å². The smallest absolute Gasteiger partial charge is 0.265 e. The lowest BCUT2D eigenvalue weighted by molar-refractivity contribution is -0.122. The lowest BCUT2D eigenvalue weighted by Gasteiger charge is -2.42. The van der Waals surface area contributed by atoms with Crippen LogP contribution in [-0.4, -0.2) is 18.6 Å². The molecule has 1 aromatic carbocycles. The Hall–Kier alpha value is -1.55. The van der Waals surface area contributed by atoms with Gasteiger partial charge in [0, 0.05) is 12.0 Å². The fourth-order valence-electron chi connectivity index (χ4n) is 2.75. The van der Waals surface area contributed by atoms with Crippen molar-refractivity contribution in [1.29, 1.82) is 0 Å². The Morgan fingerprint density at radius 1 is 1.50 bits per heavy atom. The predicted octanol–water partition coefficient (Wildman–Crippen LogP) is 1.79. The number of rotatable bonds is 2. The SMILES string of the molecule is CC1Oc2ccc(C3(CN)CCC3)cc2NC1=O. The molecular weight excluding hydrogens is 228 g/mol. The minimum Gasteiger partial charge on any atom is -0.479 e. The second kappa shape index (κ2) is 3.99. The Morgan fingerprint density at radius 3 is 2.89 bits per heavy atom. The molecule has 1 amide bonds. The van der Waals surface area contributed by atoms with Gasteiger partial charge in [-0.2, -0.15) is 0 Å². The van der Waals surface area contributed by atoms with Gasteiger partial charge in [0.25, 0.3) is 5.91 Å². The molecule has 1 aliphatic carbocycles. The number of anilines is 1. The molecule has 0 aromatic heterocycles. The third-order valence-corrected chi connectivity index (χ3v) is 4.22. The van der Waals surface area contributed by atoms with Crippen molar-refractivity contribution in [2.45, 2.75) is 37.7 Å². The van der Waals surface area contributed by atoms with E-state index in [1.165, 1.54) is 12.0 Å². The normalized spacial score (nSPS) is 24.6. The van der Waals surface area contributed by atoms with Crippen molar-refractivity contribution >= 4 is 11.6 Å². The predicted molar refractivity (Wildman–Crippen MR) is 69.7 cm³/mol. The monoisotopic (exact) mass is 246 g/mol. The van der Waals surface area contributed by atoms with Crippen molar-refractivity contribution in [1.82, 2.24) is 0 Å². The van der Waals surface area contributed by atoms with E-state index in [-0.39, 0.29) is 11.3 Å². The third-order valence-electron chi connectivity index (χ3n) is 4.22. The molecule has 18 heavy (non-hydrogen) atoms. The standard InChI is InChI=1S/C14H18N2O2/c1-9-13(17)16-11-7-10(3-4-12(11)18-9)14(8-15)5-2-6-14/h3-4,7,9H,2,5-6,8,15H2,1H3,(H,16,17). The molecule has 3 rings (SSSR count). The number of carbonyl (C=O) groups is 1. The van der Waals surface area contributed by atoms with E-state index in [2.05, 4.69) is 11.4 Å². The Kier molecular flexibility index (Phi) is 2.55. The summed E-state index contributed by atoms with van der Waals surface area (Å²) in [6, 6.07) is 6.04. The Morgan fingerprint density at radius 2 is 2.28 bits per heavy atom. The van der Waals surface area contributed by atoms with Gasteiger partial charge in [0.15, 0.2) is 6.10 Å². The topological polar surface area (TPSA) is 64.3 Å². The molecule has 4 nitrogen and oxygen atoms in total. The van der Waals surface area contributed by atoms with Gasteiger partial charge in [0.2, 0.25) is 0 Å². The van der Waals surface area contributed by atoms with E-state index in [0.717, 1.165) is 24.3 Å². The van der Waals surface area contributed by atoms with Gasteiger partial charge in [-0.05, 0) is 37.5 Å². The number of carbonyl (C=O) groups excluding carboxylic acids is 1. The van der Waals surface area contributed by atoms with Crippen molar-refractivity contribution in [2.75, 3.05) is 11.9 Å². The van der Waals surface area contributed by atoms with Gasteiger partial charge in [-0.3, -0.25) is 4.79 Å². The van der Waals surface area contributed by atoms with Gasteiger partial charge in [-0.15, -0.1) is 0 Å². The summed E-state index contributed by atoms with van der Waals surface area (Å²) in [4.78, 5) is 11.6. The second-order valence-corrected chi connectivity index (χ2v) is 5.30. The van der Waals surface area contributed by atoms with Crippen molar-refractivity contribution in [2.24, 2.45) is 5.73 Å². The van der Waals surface area contributed by atoms with Gasteiger partial charge in [0.05, 0.1) is 5.69 Å². The molecular formula is C14H18N2O2. The summed E-state index contributed by atoms with van der Waals surface area (Å²) in [5, 5.41) is 2.89. The van der Waals surface area contributed by atoms with Gasteiger partial charge in [-0.25, -0.2) is 0 Å². The quantitative estimate of drug-likeness (QED) is 0.836. The first kappa shape index (κ1) is 11.5. The first-order valence-electron chi connectivity index (χ1n) is 6.47. The summed E-state index contributed by atoms with van der Waals surface area (Å²) < 4.78 is 5.55. The number of fused-ring (bicyclic) bond motifs is 1. The van der Waals surface area contributed by atoms with Crippen molar-refractivity contribution in [3.05, 3.63) is 23.8 Å². The van der Waals surface area contributed by atoms with E-state index in [4.69, 9.17) is 10.5 Å². The summed E-state index contributed by atoms with van der Waals surface area (Å²) in [5.41, 5.74) is 8.01. The zero-order valence-corrected chi connectivity index (χ0v) is 10.5. The van der Waals surface area contributed by atoms with E-state index >= 15 is 0 Å². The molecule has 1 unspecified atom stereocenters. The van der Waals surface area contributed by atoms with Crippen LogP contribution in [0.5, 0.6) is 5.75 Å². The molecule has 0 bridgehead atoms. The van der Waals surface area contributed by atoms with Crippen molar-refractivity contribution in [3.63, 3.8) is 0 Å². The largest absolute Gasteiger partial charge is 0.479 e. The molecule has 0 spiro atoms. The van der Waals surface area contributed by atoms with Crippen LogP contribution in [0.3, 0.4) is 0 Å². The zero-order valence-electron chi connectivity index (χ0n) is 10.5. The van der Waals surface area contributed by atoms with Crippen LogP contribution in [-0.2, 0) is 10.2 Å². The van der Waals surface area contributed by atoms with Crippen LogP contribution in [0.2, 0.25) is 0 Å². The average Bonchev–Trinajstić information content (AvgIpc) is 2.30. The number of amides is 1. The lowest BCUT2D eigenvalue weighted by Crippen LogP contribution is -2.42. The number of hydrogen-bond acceptors (Lipinski definition) is 3. The fraction of sp³-hybridized carbons (Fsp3) is 0.500. The zero-order chi connectivity index (χ0) is 12.8. The Bertz CT molecular complexity index is 489.